The number of allylic oxidation sites excluding steroid dienone is 8. The Morgan fingerprint density at radius 3 is 2.24 bits per heavy atom. The second kappa shape index (κ2) is 9.98. The van der Waals surface area contributed by atoms with Gasteiger partial charge < -0.3 is 0 Å². The molecular formula is C16H22S. The first-order valence-corrected chi connectivity index (χ1v) is 6.25. The van der Waals surface area contributed by atoms with Crippen molar-refractivity contribution < 1.29 is 0 Å². The van der Waals surface area contributed by atoms with E-state index in [1.807, 2.05) is 25.2 Å². The van der Waals surface area contributed by atoms with Crippen LogP contribution in [0.2, 0.25) is 0 Å². The third-order valence-electron chi connectivity index (χ3n) is 2.21. The largest absolute Gasteiger partial charge is 0.172 e. The summed E-state index contributed by atoms with van der Waals surface area (Å²) in [5.41, 5.74) is 2.40. The van der Waals surface area contributed by atoms with Crippen LogP contribution in [0.1, 0.15) is 19.8 Å². The lowest BCUT2D eigenvalue weighted by atomic mass is 10.1. The maximum atomic E-state index is 4.34. The molecule has 0 amide bonds. The van der Waals surface area contributed by atoms with Crippen molar-refractivity contribution in [3.05, 3.63) is 73.4 Å². The van der Waals surface area contributed by atoms with E-state index in [1.165, 1.54) is 11.1 Å². The highest BCUT2D eigenvalue weighted by Gasteiger charge is 1.94. The number of thiol groups is 1. The first-order valence-electron chi connectivity index (χ1n) is 5.74. The third kappa shape index (κ3) is 8.58. The van der Waals surface area contributed by atoms with Gasteiger partial charge >= 0.3 is 0 Å². The molecule has 0 aromatic carbocycles. The summed E-state index contributed by atoms with van der Waals surface area (Å²) in [6.07, 6.45) is 15.6. The fourth-order valence-corrected chi connectivity index (χ4v) is 1.52. The summed E-state index contributed by atoms with van der Waals surface area (Å²) in [5.74, 6) is 0. The molecule has 0 spiro atoms. The predicted octanol–water partition coefficient (Wildman–Crippen LogP) is 5.05. The van der Waals surface area contributed by atoms with Gasteiger partial charge in [0.2, 0.25) is 0 Å². The van der Waals surface area contributed by atoms with Gasteiger partial charge in [-0.15, -0.1) is 0 Å². The van der Waals surface area contributed by atoms with E-state index in [1.54, 1.807) is 6.08 Å². The monoisotopic (exact) mass is 246 g/mol. The molecular weight excluding hydrogens is 224 g/mol. The van der Waals surface area contributed by atoms with E-state index in [-0.39, 0.29) is 5.25 Å². The summed E-state index contributed by atoms with van der Waals surface area (Å²) in [4.78, 5) is 0. The summed E-state index contributed by atoms with van der Waals surface area (Å²) in [6.45, 7) is 13.3. The summed E-state index contributed by atoms with van der Waals surface area (Å²) in [7, 11) is 0. The van der Waals surface area contributed by atoms with Crippen molar-refractivity contribution in [3.8, 4) is 0 Å². The average molecular weight is 246 g/mol. The Hall–Kier alpha value is -1.21. The molecule has 0 aromatic heterocycles. The van der Waals surface area contributed by atoms with E-state index in [0.717, 1.165) is 12.8 Å². The molecule has 1 unspecified atom stereocenters. The summed E-state index contributed by atoms with van der Waals surface area (Å²) < 4.78 is 0. The zero-order valence-corrected chi connectivity index (χ0v) is 11.5. The highest BCUT2D eigenvalue weighted by atomic mass is 32.1. The van der Waals surface area contributed by atoms with Gasteiger partial charge in [-0.05, 0) is 30.9 Å². The zero-order valence-electron chi connectivity index (χ0n) is 10.6. The molecule has 0 aromatic rings. The molecule has 17 heavy (non-hydrogen) atoms. The van der Waals surface area contributed by atoms with Crippen LogP contribution in [0.3, 0.4) is 0 Å². The van der Waals surface area contributed by atoms with E-state index in [9.17, 15) is 0 Å². The van der Waals surface area contributed by atoms with E-state index >= 15 is 0 Å². The summed E-state index contributed by atoms with van der Waals surface area (Å²) in [6, 6.07) is 0. The molecule has 0 aliphatic carbocycles. The van der Waals surface area contributed by atoms with Crippen LogP contribution in [-0.4, -0.2) is 5.25 Å². The number of hydrogen-bond donors (Lipinski definition) is 1. The maximum absolute atomic E-state index is 4.34. The molecule has 0 radical (unpaired) electrons. The van der Waals surface area contributed by atoms with Crippen molar-refractivity contribution in [3.63, 3.8) is 0 Å². The van der Waals surface area contributed by atoms with Gasteiger partial charge in [-0.1, -0.05) is 62.3 Å². The molecule has 1 heteroatoms. The molecule has 0 N–H and O–H groups in total. The van der Waals surface area contributed by atoms with Crippen molar-refractivity contribution >= 4 is 12.6 Å². The molecule has 0 saturated carbocycles. The third-order valence-corrected chi connectivity index (χ3v) is 2.35. The molecule has 0 aliphatic rings. The van der Waals surface area contributed by atoms with E-state index < -0.39 is 0 Å². The van der Waals surface area contributed by atoms with Crippen LogP contribution in [0.5, 0.6) is 0 Å². The Labute approximate surface area is 111 Å². The summed E-state index contributed by atoms with van der Waals surface area (Å²) >= 11 is 4.34. The Kier molecular flexibility index (Phi) is 9.27. The van der Waals surface area contributed by atoms with E-state index in [2.05, 4.69) is 50.6 Å². The van der Waals surface area contributed by atoms with Gasteiger partial charge in [0.05, 0.1) is 0 Å². The van der Waals surface area contributed by atoms with Gasteiger partial charge in [0, 0.05) is 5.25 Å². The Morgan fingerprint density at radius 2 is 1.76 bits per heavy atom. The Balaban J connectivity index is 4.52. The van der Waals surface area contributed by atoms with Crippen LogP contribution in [-0.2, 0) is 0 Å². The minimum atomic E-state index is 0.254. The van der Waals surface area contributed by atoms with Gasteiger partial charge in [0.25, 0.3) is 0 Å². The van der Waals surface area contributed by atoms with Crippen molar-refractivity contribution in [2.24, 2.45) is 0 Å². The zero-order chi connectivity index (χ0) is 13.1. The van der Waals surface area contributed by atoms with Crippen LogP contribution in [0.15, 0.2) is 73.4 Å². The number of hydrogen-bond acceptors (Lipinski definition) is 1. The summed E-state index contributed by atoms with van der Waals surface area (Å²) in [5, 5.41) is 0.254. The maximum Gasteiger partial charge on any atom is 0.0174 e. The molecule has 0 fully saturated rings. The van der Waals surface area contributed by atoms with Crippen LogP contribution in [0, 0.1) is 0 Å². The lowest BCUT2D eigenvalue weighted by Gasteiger charge is -2.02. The fraction of sp³-hybridized carbons (Fsp3) is 0.250. The molecule has 0 rings (SSSR count). The Bertz CT molecular complexity index is 341. The van der Waals surface area contributed by atoms with E-state index in [4.69, 9.17) is 0 Å². The van der Waals surface area contributed by atoms with Crippen molar-refractivity contribution in [2.45, 2.75) is 25.0 Å². The van der Waals surface area contributed by atoms with Gasteiger partial charge in [-0.25, -0.2) is 0 Å². The van der Waals surface area contributed by atoms with Crippen molar-refractivity contribution in [1.82, 2.24) is 0 Å². The molecule has 1 atom stereocenters. The van der Waals surface area contributed by atoms with Crippen molar-refractivity contribution in [1.29, 1.82) is 0 Å². The minimum absolute atomic E-state index is 0.254. The normalized spacial score (nSPS) is 14.7. The van der Waals surface area contributed by atoms with Gasteiger partial charge in [0.1, 0.15) is 0 Å². The van der Waals surface area contributed by atoms with Gasteiger partial charge in [-0.3, -0.25) is 0 Å². The van der Waals surface area contributed by atoms with Gasteiger partial charge in [0.15, 0.2) is 0 Å². The Morgan fingerprint density at radius 1 is 1.12 bits per heavy atom. The van der Waals surface area contributed by atoms with Gasteiger partial charge in [-0.2, -0.15) is 12.6 Å². The topological polar surface area (TPSA) is 0 Å². The number of rotatable bonds is 8. The standard InChI is InChI=1S/C16H22S/c1-5-8-9-10-15(6-2)11-12-16(7-3)13-14(4)17/h5-9,11,13-14,17H,1-3,10,12H2,4H3/b9-8-,15-11+,16-13-. The molecule has 0 saturated heterocycles. The first kappa shape index (κ1) is 15.8. The first-order chi connectivity index (χ1) is 8.13. The van der Waals surface area contributed by atoms with Crippen LogP contribution in [0.4, 0.5) is 0 Å². The minimum Gasteiger partial charge on any atom is -0.172 e. The highest BCUT2D eigenvalue weighted by molar-refractivity contribution is 7.81. The predicted molar refractivity (Wildman–Crippen MR) is 83.6 cm³/mol. The molecule has 0 bridgehead atoms. The van der Waals surface area contributed by atoms with Crippen molar-refractivity contribution in [2.75, 3.05) is 0 Å². The van der Waals surface area contributed by atoms with Crippen LogP contribution in [0.25, 0.3) is 0 Å². The lowest BCUT2D eigenvalue weighted by Crippen LogP contribution is -1.87. The molecule has 0 aliphatic heterocycles. The molecule has 92 valence electrons. The molecule has 0 heterocycles. The van der Waals surface area contributed by atoms with Crippen LogP contribution < -0.4 is 0 Å². The second-order valence-corrected chi connectivity index (χ2v) is 4.56. The lowest BCUT2D eigenvalue weighted by molar-refractivity contribution is 1.16. The smallest absolute Gasteiger partial charge is 0.0174 e. The highest BCUT2D eigenvalue weighted by Crippen LogP contribution is 2.12. The second-order valence-electron chi connectivity index (χ2n) is 3.74. The quantitative estimate of drug-likeness (QED) is 0.449. The molecule has 0 nitrogen and oxygen atoms in total. The fourth-order valence-electron chi connectivity index (χ4n) is 1.33. The van der Waals surface area contributed by atoms with Crippen LogP contribution >= 0.6 is 12.6 Å². The van der Waals surface area contributed by atoms with E-state index in [0.29, 0.717) is 0 Å². The SMILES string of the molecule is C=C/C=C\C/C(C=C)=C/C/C(C=C)=C\C(C)S. The average Bonchev–Trinajstić information content (AvgIpc) is 2.31.